The molecular formula is C22H17FN2O4S. The fraction of sp³-hybridized carbons (Fsp3) is 0.0909. The minimum Gasteiger partial charge on any atom is -0.457 e. The highest BCUT2D eigenvalue weighted by atomic mass is 32.2. The molecule has 0 heterocycles. The summed E-state index contributed by atoms with van der Waals surface area (Å²) in [5.41, 5.74) is 1.44. The first-order chi connectivity index (χ1) is 14.3. The molecule has 0 amide bonds. The second kappa shape index (κ2) is 8.76. The molecule has 0 saturated heterocycles. The molecule has 0 atom stereocenters. The first-order valence-electron chi connectivity index (χ1n) is 8.84. The van der Waals surface area contributed by atoms with Gasteiger partial charge >= 0.3 is 5.97 Å². The van der Waals surface area contributed by atoms with Crippen LogP contribution in [-0.4, -0.2) is 14.4 Å². The van der Waals surface area contributed by atoms with Gasteiger partial charge in [0.15, 0.2) is 0 Å². The van der Waals surface area contributed by atoms with Crippen LogP contribution >= 0.6 is 0 Å². The van der Waals surface area contributed by atoms with Crippen molar-refractivity contribution >= 4 is 21.7 Å². The Bertz CT molecular complexity index is 1230. The highest BCUT2D eigenvalue weighted by Crippen LogP contribution is 2.22. The largest absolute Gasteiger partial charge is 0.457 e. The molecule has 0 aliphatic heterocycles. The van der Waals surface area contributed by atoms with Crippen molar-refractivity contribution in [1.29, 1.82) is 5.26 Å². The van der Waals surface area contributed by atoms with Crippen molar-refractivity contribution in [2.75, 3.05) is 4.72 Å². The number of hydrogen-bond acceptors (Lipinski definition) is 5. The van der Waals surface area contributed by atoms with Gasteiger partial charge in [-0.1, -0.05) is 24.3 Å². The zero-order valence-corrected chi connectivity index (χ0v) is 16.7. The molecule has 0 aliphatic rings. The third kappa shape index (κ3) is 4.82. The lowest BCUT2D eigenvalue weighted by Crippen LogP contribution is -2.16. The van der Waals surface area contributed by atoms with Gasteiger partial charge in [-0.25, -0.2) is 17.6 Å². The summed E-state index contributed by atoms with van der Waals surface area (Å²) in [5.74, 6) is -1.23. The van der Waals surface area contributed by atoms with Gasteiger partial charge in [0, 0.05) is 0 Å². The zero-order valence-electron chi connectivity index (χ0n) is 15.9. The van der Waals surface area contributed by atoms with Gasteiger partial charge < -0.3 is 4.74 Å². The number of ether oxygens (including phenoxy) is 1. The molecule has 0 unspecified atom stereocenters. The van der Waals surface area contributed by atoms with E-state index in [-0.39, 0.29) is 28.3 Å². The van der Waals surface area contributed by atoms with E-state index in [1.165, 1.54) is 25.1 Å². The molecule has 0 saturated carbocycles. The van der Waals surface area contributed by atoms with Crippen LogP contribution in [0.5, 0.6) is 0 Å². The van der Waals surface area contributed by atoms with E-state index in [2.05, 4.69) is 4.72 Å². The maximum Gasteiger partial charge on any atom is 0.340 e. The summed E-state index contributed by atoms with van der Waals surface area (Å²) in [4.78, 5) is 12.4. The number of anilines is 1. The number of carbonyl (C=O) groups is 1. The van der Waals surface area contributed by atoms with Crippen LogP contribution in [0, 0.1) is 24.1 Å². The Morgan fingerprint density at radius 2 is 1.80 bits per heavy atom. The van der Waals surface area contributed by atoms with E-state index >= 15 is 0 Å². The molecule has 0 bridgehead atoms. The van der Waals surface area contributed by atoms with Crippen molar-refractivity contribution in [2.24, 2.45) is 0 Å². The minimum absolute atomic E-state index is 0.0357. The maximum atomic E-state index is 13.5. The van der Waals surface area contributed by atoms with E-state index in [4.69, 9.17) is 10.00 Å². The third-order valence-corrected chi connectivity index (χ3v) is 5.65. The highest BCUT2D eigenvalue weighted by molar-refractivity contribution is 7.92. The average molecular weight is 424 g/mol. The quantitative estimate of drug-likeness (QED) is 0.599. The molecule has 0 radical (unpaired) electrons. The highest BCUT2D eigenvalue weighted by Gasteiger charge is 2.20. The van der Waals surface area contributed by atoms with Crippen molar-refractivity contribution in [3.05, 3.63) is 94.8 Å². The molecule has 1 N–H and O–H groups in total. The standard InChI is InChI=1S/C22H17FN2O4S/c1-15-12-18(10-11-20(15)23)30(27,28)25-21-5-3-2-4-19(21)22(26)29-14-17-8-6-16(13-24)7-9-17/h2-12,25H,14H2,1H3. The van der Waals surface area contributed by atoms with E-state index < -0.39 is 21.8 Å². The van der Waals surface area contributed by atoms with Gasteiger partial charge in [0.25, 0.3) is 10.0 Å². The molecule has 0 spiro atoms. The number of esters is 1. The molecule has 6 nitrogen and oxygen atoms in total. The fourth-order valence-corrected chi connectivity index (χ4v) is 3.80. The van der Waals surface area contributed by atoms with Gasteiger partial charge in [0.05, 0.1) is 27.8 Å². The van der Waals surface area contributed by atoms with Crippen molar-refractivity contribution < 1.29 is 22.3 Å². The number of nitriles is 1. The smallest absolute Gasteiger partial charge is 0.340 e. The van der Waals surface area contributed by atoms with E-state index in [9.17, 15) is 17.6 Å². The predicted molar refractivity (Wildman–Crippen MR) is 109 cm³/mol. The monoisotopic (exact) mass is 424 g/mol. The SMILES string of the molecule is Cc1cc(S(=O)(=O)Nc2ccccc2C(=O)OCc2ccc(C#N)cc2)ccc1F. The summed E-state index contributed by atoms with van der Waals surface area (Å²) in [5, 5.41) is 8.82. The Kier molecular flexibility index (Phi) is 6.14. The number of aryl methyl sites for hydroxylation is 1. The van der Waals surface area contributed by atoms with Crippen LogP contribution in [0.15, 0.2) is 71.6 Å². The van der Waals surface area contributed by atoms with E-state index in [1.54, 1.807) is 36.4 Å². The predicted octanol–water partition coefficient (Wildman–Crippen LogP) is 4.16. The van der Waals surface area contributed by atoms with Gasteiger partial charge in [0.2, 0.25) is 0 Å². The van der Waals surface area contributed by atoms with Crippen molar-refractivity contribution in [3.8, 4) is 6.07 Å². The molecule has 8 heteroatoms. The molecule has 0 fully saturated rings. The van der Waals surface area contributed by atoms with Gasteiger partial charge in [-0.2, -0.15) is 5.26 Å². The summed E-state index contributed by atoms with van der Waals surface area (Å²) in [6.45, 7) is 1.42. The fourth-order valence-electron chi connectivity index (χ4n) is 2.64. The number of nitrogens with one attached hydrogen (secondary N) is 1. The number of sulfonamides is 1. The number of nitrogens with zero attached hydrogens (tertiary/aromatic N) is 1. The lowest BCUT2D eigenvalue weighted by atomic mass is 10.1. The molecule has 152 valence electrons. The topological polar surface area (TPSA) is 96.3 Å². The molecule has 0 aliphatic carbocycles. The van der Waals surface area contributed by atoms with Gasteiger partial charge in [-0.05, 0) is 60.5 Å². The Labute approximate surface area is 173 Å². The van der Waals surface area contributed by atoms with Gasteiger partial charge in [-0.3, -0.25) is 4.72 Å². The number of para-hydroxylation sites is 1. The zero-order chi connectivity index (χ0) is 21.7. The molecular weight excluding hydrogens is 407 g/mol. The summed E-state index contributed by atoms with van der Waals surface area (Å²) in [6.07, 6.45) is 0. The van der Waals surface area contributed by atoms with Gasteiger partial charge in [0.1, 0.15) is 12.4 Å². The molecule has 0 aromatic heterocycles. The normalized spacial score (nSPS) is 10.8. The summed E-state index contributed by atoms with van der Waals surface area (Å²) < 4.78 is 46.4. The van der Waals surface area contributed by atoms with E-state index in [0.29, 0.717) is 11.1 Å². The summed E-state index contributed by atoms with van der Waals surface area (Å²) in [6, 6.07) is 18.0. The Morgan fingerprint density at radius 1 is 1.10 bits per heavy atom. The average Bonchev–Trinajstić information content (AvgIpc) is 2.74. The number of benzene rings is 3. The van der Waals surface area contributed by atoms with Crippen LogP contribution < -0.4 is 4.72 Å². The number of rotatable bonds is 6. The second-order valence-electron chi connectivity index (χ2n) is 6.45. The molecule has 3 rings (SSSR count). The van der Waals surface area contributed by atoms with Gasteiger partial charge in [-0.15, -0.1) is 0 Å². The molecule has 30 heavy (non-hydrogen) atoms. The van der Waals surface area contributed by atoms with Crippen LogP contribution in [-0.2, 0) is 21.4 Å². The Hall–Kier alpha value is -3.70. The van der Waals surface area contributed by atoms with Crippen molar-refractivity contribution in [3.63, 3.8) is 0 Å². The third-order valence-electron chi connectivity index (χ3n) is 4.28. The van der Waals surface area contributed by atoms with E-state index in [1.807, 2.05) is 6.07 Å². The summed E-state index contributed by atoms with van der Waals surface area (Å²) >= 11 is 0. The van der Waals surface area contributed by atoms with Crippen LogP contribution in [0.2, 0.25) is 0 Å². The number of carbonyl (C=O) groups excluding carboxylic acids is 1. The lowest BCUT2D eigenvalue weighted by Gasteiger charge is -2.13. The van der Waals surface area contributed by atoms with Crippen LogP contribution in [0.3, 0.4) is 0 Å². The second-order valence-corrected chi connectivity index (χ2v) is 8.13. The van der Waals surface area contributed by atoms with Crippen LogP contribution in [0.1, 0.15) is 27.0 Å². The minimum atomic E-state index is -4.04. The molecule has 3 aromatic carbocycles. The number of halogens is 1. The van der Waals surface area contributed by atoms with Crippen LogP contribution in [0.4, 0.5) is 10.1 Å². The summed E-state index contributed by atoms with van der Waals surface area (Å²) in [7, 11) is -4.04. The molecule has 3 aromatic rings. The first-order valence-corrected chi connectivity index (χ1v) is 10.3. The van der Waals surface area contributed by atoms with Crippen molar-refractivity contribution in [1.82, 2.24) is 0 Å². The van der Waals surface area contributed by atoms with E-state index in [0.717, 1.165) is 12.1 Å². The van der Waals surface area contributed by atoms with Crippen LogP contribution in [0.25, 0.3) is 0 Å². The Balaban J connectivity index is 1.78. The van der Waals surface area contributed by atoms with Crippen molar-refractivity contribution in [2.45, 2.75) is 18.4 Å². The number of hydrogen-bond donors (Lipinski definition) is 1. The Morgan fingerprint density at radius 3 is 2.47 bits per heavy atom. The lowest BCUT2D eigenvalue weighted by molar-refractivity contribution is 0.0474. The maximum absolute atomic E-state index is 13.5. The first kappa shape index (κ1) is 21.0.